The molecule has 2 aromatic rings. The monoisotopic (exact) mass is 308 g/mol. The lowest BCUT2D eigenvalue weighted by atomic mass is 10.2. The van der Waals surface area contributed by atoms with E-state index in [4.69, 9.17) is 23.1 Å². The molecule has 0 bridgehead atoms. The van der Waals surface area contributed by atoms with Crippen LogP contribution >= 0.6 is 12.2 Å². The van der Waals surface area contributed by atoms with Crippen LogP contribution in [0.25, 0.3) is 0 Å². The van der Waals surface area contributed by atoms with Gasteiger partial charge >= 0.3 is 0 Å². The van der Waals surface area contributed by atoms with Crippen LogP contribution in [0.1, 0.15) is 5.69 Å². The smallest absolute Gasteiger partial charge is 0.238 e. The molecule has 0 aliphatic heterocycles. The van der Waals surface area contributed by atoms with E-state index in [0.717, 1.165) is 0 Å². The van der Waals surface area contributed by atoms with Gasteiger partial charge in [-0.3, -0.25) is 4.98 Å². The van der Waals surface area contributed by atoms with E-state index in [1.54, 1.807) is 30.5 Å². The molecule has 5 N–H and O–H groups in total. The van der Waals surface area contributed by atoms with Gasteiger partial charge in [0.2, 0.25) is 10.0 Å². The Bertz CT molecular complexity index is 742. The number of nitrogens with zero attached hydrogens (tertiary/aromatic N) is 1. The van der Waals surface area contributed by atoms with Gasteiger partial charge in [0.15, 0.2) is 0 Å². The number of benzene rings is 1. The first-order chi connectivity index (χ1) is 9.38. The Kier molecular flexibility index (Phi) is 3.98. The molecule has 0 saturated carbocycles. The fourth-order valence-electron chi connectivity index (χ4n) is 1.59. The number of aromatic nitrogens is 1. The van der Waals surface area contributed by atoms with Gasteiger partial charge in [-0.2, -0.15) is 0 Å². The number of hydrogen-bond acceptors (Lipinski definition) is 5. The summed E-state index contributed by atoms with van der Waals surface area (Å²) in [5.41, 5.74) is 7.36. The fraction of sp³-hybridized carbons (Fsp3) is 0. The van der Waals surface area contributed by atoms with E-state index in [1.165, 1.54) is 12.1 Å². The summed E-state index contributed by atoms with van der Waals surface area (Å²) in [5.74, 6) is 0. The summed E-state index contributed by atoms with van der Waals surface area (Å²) in [6, 6.07) is 9.52. The third kappa shape index (κ3) is 3.29. The molecule has 0 aliphatic carbocycles. The van der Waals surface area contributed by atoms with Gasteiger partial charge in [-0.05, 0) is 36.4 Å². The van der Waals surface area contributed by atoms with Crippen molar-refractivity contribution in [2.24, 2.45) is 10.9 Å². The Labute approximate surface area is 121 Å². The Morgan fingerprint density at radius 1 is 1.20 bits per heavy atom. The molecule has 0 spiro atoms. The maximum atomic E-state index is 11.2. The number of primary sulfonamides is 1. The molecular formula is C12H12N4O2S2. The average molecular weight is 308 g/mol. The van der Waals surface area contributed by atoms with Crippen LogP contribution < -0.4 is 16.2 Å². The second kappa shape index (κ2) is 5.53. The van der Waals surface area contributed by atoms with Gasteiger partial charge in [-0.25, -0.2) is 13.6 Å². The van der Waals surface area contributed by atoms with Gasteiger partial charge in [-0.1, -0.05) is 12.2 Å². The van der Waals surface area contributed by atoms with Crippen LogP contribution in [0.2, 0.25) is 0 Å². The zero-order chi connectivity index (χ0) is 14.8. The highest BCUT2D eigenvalue weighted by molar-refractivity contribution is 7.89. The maximum Gasteiger partial charge on any atom is 0.238 e. The summed E-state index contributed by atoms with van der Waals surface area (Å²) in [6.07, 6.45) is 1.59. The van der Waals surface area contributed by atoms with Crippen LogP contribution in [0.3, 0.4) is 0 Å². The van der Waals surface area contributed by atoms with Crippen molar-refractivity contribution in [1.29, 1.82) is 0 Å². The average Bonchev–Trinajstić information content (AvgIpc) is 2.38. The molecule has 0 aliphatic rings. The third-order valence-electron chi connectivity index (χ3n) is 2.50. The first kappa shape index (κ1) is 14.4. The zero-order valence-corrected chi connectivity index (χ0v) is 11.9. The van der Waals surface area contributed by atoms with Gasteiger partial charge < -0.3 is 11.1 Å². The van der Waals surface area contributed by atoms with Crippen LogP contribution in [-0.4, -0.2) is 18.4 Å². The highest BCUT2D eigenvalue weighted by Crippen LogP contribution is 2.20. The highest BCUT2D eigenvalue weighted by Gasteiger charge is 2.09. The Hall–Kier alpha value is -2.03. The van der Waals surface area contributed by atoms with Gasteiger partial charge in [0.1, 0.15) is 10.7 Å². The lowest BCUT2D eigenvalue weighted by Gasteiger charge is -2.10. The Balaban J connectivity index is 2.30. The normalized spacial score (nSPS) is 11.1. The van der Waals surface area contributed by atoms with Crippen LogP contribution in [0, 0.1) is 0 Å². The molecule has 0 fully saturated rings. The van der Waals surface area contributed by atoms with Crippen molar-refractivity contribution in [3.05, 3.63) is 48.3 Å². The van der Waals surface area contributed by atoms with E-state index >= 15 is 0 Å². The summed E-state index contributed by atoms with van der Waals surface area (Å²) in [5, 5.41) is 8.10. The highest BCUT2D eigenvalue weighted by atomic mass is 32.2. The minimum Gasteiger partial charge on any atom is -0.388 e. The number of pyridine rings is 1. The largest absolute Gasteiger partial charge is 0.388 e. The standard InChI is InChI=1S/C12H12N4O2S2/c13-12(19)11-10(2-1-7-15-11)16-8-3-5-9(6-4-8)20(14,17)18/h1-7,16H,(H2,13,19)(H2,14,17,18). The second-order valence-electron chi connectivity index (χ2n) is 3.96. The SMILES string of the molecule is NC(=S)c1ncccc1Nc1ccc(S(N)(=O)=O)cc1. The first-order valence-corrected chi connectivity index (χ1v) is 7.48. The molecule has 0 atom stereocenters. The van der Waals surface area contributed by atoms with Gasteiger partial charge in [0.25, 0.3) is 0 Å². The molecule has 1 heterocycles. The van der Waals surface area contributed by atoms with E-state index < -0.39 is 10.0 Å². The van der Waals surface area contributed by atoms with Crippen LogP contribution in [-0.2, 0) is 10.0 Å². The Morgan fingerprint density at radius 2 is 1.85 bits per heavy atom. The summed E-state index contributed by atoms with van der Waals surface area (Å²) < 4.78 is 22.3. The topological polar surface area (TPSA) is 111 Å². The molecule has 8 heteroatoms. The fourth-order valence-corrected chi connectivity index (χ4v) is 2.26. The quantitative estimate of drug-likeness (QED) is 0.730. The molecule has 104 valence electrons. The van der Waals surface area contributed by atoms with Crippen LogP contribution in [0.15, 0.2) is 47.5 Å². The van der Waals surface area contributed by atoms with Crippen molar-refractivity contribution in [3.63, 3.8) is 0 Å². The van der Waals surface area contributed by atoms with Crippen molar-refractivity contribution < 1.29 is 8.42 Å². The van der Waals surface area contributed by atoms with E-state index in [1.807, 2.05) is 0 Å². The van der Waals surface area contributed by atoms with Crippen molar-refractivity contribution in [2.45, 2.75) is 4.90 Å². The molecule has 1 aromatic heterocycles. The van der Waals surface area contributed by atoms with E-state index in [-0.39, 0.29) is 9.88 Å². The summed E-state index contributed by atoms with van der Waals surface area (Å²) >= 11 is 4.91. The van der Waals surface area contributed by atoms with Gasteiger partial charge in [0, 0.05) is 11.9 Å². The number of anilines is 2. The van der Waals surface area contributed by atoms with Gasteiger partial charge in [0.05, 0.1) is 10.6 Å². The van der Waals surface area contributed by atoms with E-state index in [9.17, 15) is 8.42 Å². The number of nitrogens with two attached hydrogens (primary N) is 2. The lowest BCUT2D eigenvalue weighted by Crippen LogP contribution is -2.14. The molecule has 0 unspecified atom stereocenters. The number of sulfonamides is 1. The van der Waals surface area contributed by atoms with Crippen LogP contribution in [0.4, 0.5) is 11.4 Å². The zero-order valence-electron chi connectivity index (χ0n) is 10.3. The van der Waals surface area contributed by atoms with Gasteiger partial charge in [-0.15, -0.1) is 0 Å². The number of rotatable bonds is 4. The number of nitrogens with one attached hydrogen (secondary N) is 1. The van der Waals surface area contributed by atoms with Crippen molar-refractivity contribution >= 4 is 38.6 Å². The molecule has 6 nitrogen and oxygen atoms in total. The van der Waals surface area contributed by atoms with Crippen molar-refractivity contribution in [2.75, 3.05) is 5.32 Å². The molecular weight excluding hydrogens is 296 g/mol. The molecule has 0 saturated heterocycles. The van der Waals surface area contributed by atoms with E-state index in [0.29, 0.717) is 17.1 Å². The summed E-state index contributed by atoms with van der Waals surface area (Å²) in [4.78, 5) is 4.31. The lowest BCUT2D eigenvalue weighted by molar-refractivity contribution is 0.598. The third-order valence-corrected chi connectivity index (χ3v) is 3.63. The van der Waals surface area contributed by atoms with Crippen molar-refractivity contribution in [1.82, 2.24) is 4.98 Å². The maximum absolute atomic E-state index is 11.2. The predicted octanol–water partition coefficient (Wildman–Crippen LogP) is 1.11. The second-order valence-corrected chi connectivity index (χ2v) is 5.96. The van der Waals surface area contributed by atoms with Crippen LogP contribution in [0.5, 0.6) is 0 Å². The first-order valence-electron chi connectivity index (χ1n) is 5.52. The number of hydrogen-bond donors (Lipinski definition) is 3. The molecule has 2 rings (SSSR count). The minimum atomic E-state index is -3.69. The summed E-state index contributed by atoms with van der Waals surface area (Å²) in [7, 11) is -3.69. The molecule has 0 radical (unpaired) electrons. The minimum absolute atomic E-state index is 0.0452. The van der Waals surface area contributed by atoms with Crippen molar-refractivity contribution in [3.8, 4) is 0 Å². The molecule has 0 amide bonds. The predicted molar refractivity (Wildman–Crippen MR) is 81.2 cm³/mol. The Morgan fingerprint density at radius 3 is 2.40 bits per heavy atom. The molecule has 1 aromatic carbocycles. The van der Waals surface area contributed by atoms with E-state index in [2.05, 4.69) is 10.3 Å². The molecule has 20 heavy (non-hydrogen) atoms. The summed E-state index contributed by atoms with van der Waals surface area (Å²) in [6.45, 7) is 0. The number of thiocarbonyl (C=S) groups is 1.